The number of ether oxygens (including phenoxy) is 3. The highest BCUT2D eigenvalue weighted by Gasteiger charge is 2.44. The molecule has 0 unspecified atom stereocenters. The van der Waals surface area contributed by atoms with Crippen LogP contribution in [0.25, 0.3) is 10.9 Å². The predicted octanol–water partition coefficient (Wildman–Crippen LogP) is 2.20. The number of nitrogens with one attached hydrogen (secondary N) is 5. The van der Waals surface area contributed by atoms with Gasteiger partial charge in [-0.1, -0.05) is 6.07 Å². The normalized spacial score (nSPS) is 21.5. The van der Waals surface area contributed by atoms with Crippen LogP contribution >= 0.6 is 0 Å². The van der Waals surface area contributed by atoms with Gasteiger partial charge in [-0.2, -0.15) is 13.2 Å². The minimum atomic E-state index is -4.57. The minimum absolute atomic E-state index is 0.0324. The first-order chi connectivity index (χ1) is 34.0. The summed E-state index contributed by atoms with van der Waals surface area (Å²) in [5.74, 6) is -1.94. The largest absolute Gasteiger partial charge is 0.416 e. The van der Waals surface area contributed by atoms with Gasteiger partial charge >= 0.3 is 6.18 Å². The maximum Gasteiger partial charge on any atom is 0.416 e. The highest BCUT2D eigenvalue weighted by Crippen LogP contribution is 2.37. The van der Waals surface area contributed by atoms with Crippen molar-refractivity contribution in [3.63, 3.8) is 0 Å². The summed E-state index contributed by atoms with van der Waals surface area (Å²) >= 11 is 0. The molecule has 20 nitrogen and oxygen atoms in total. The Balaban J connectivity index is 0.824. The zero-order valence-electron chi connectivity index (χ0n) is 40.7. The number of hydrogen-bond donors (Lipinski definition) is 5. The SMILES string of the molecule is CC(C)N(C)[C@@H]1CC[C@H](N2CC[C@H](Nc3ncnc4ccc(C(F)(F)F)cc34)C2=O)[C@H](NC(=O)COCCNC(=O)CCNC(=O)CCOCCOCCNC(=O)[C@H]2CC(=O)N(C)[C@@H]2c2cccnc2)C1. The Morgan fingerprint density at radius 1 is 0.873 bits per heavy atom. The van der Waals surface area contributed by atoms with Gasteiger partial charge in [0.15, 0.2) is 0 Å². The first kappa shape index (κ1) is 54.3. The second-order valence-electron chi connectivity index (χ2n) is 18.3. The summed E-state index contributed by atoms with van der Waals surface area (Å²) in [6.45, 7) is 5.74. The van der Waals surface area contributed by atoms with Gasteiger partial charge in [-0.3, -0.25) is 33.8 Å². The Morgan fingerprint density at radius 2 is 1.61 bits per heavy atom. The Bertz CT molecular complexity index is 2300. The third-order valence-corrected chi connectivity index (χ3v) is 13.3. The van der Waals surface area contributed by atoms with E-state index in [0.29, 0.717) is 31.3 Å². The van der Waals surface area contributed by atoms with E-state index in [1.165, 1.54) is 12.4 Å². The number of nitrogens with zero attached hydrogens (tertiary/aromatic N) is 6. The van der Waals surface area contributed by atoms with E-state index in [1.54, 1.807) is 35.3 Å². The smallest absolute Gasteiger partial charge is 0.379 e. The molecule has 4 heterocycles. The lowest BCUT2D eigenvalue weighted by molar-refractivity contribution is -0.137. The molecule has 6 atom stereocenters. The number of carbonyl (C=O) groups is 6. The topological polar surface area (TPSA) is 239 Å². The molecule has 23 heteroatoms. The van der Waals surface area contributed by atoms with Crippen LogP contribution in [-0.4, -0.2) is 175 Å². The van der Waals surface area contributed by atoms with Crippen LogP contribution in [-0.2, 0) is 49.2 Å². The molecule has 1 aliphatic carbocycles. The van der Waals surface area contributed by atoms with Crippen molar-refractivity contribution in [2.24, 2.45) is 5.92 Å². The number of alkyl halides is 3. The van der Waals surface area contributed by atoms with Gasteiger partial charge < -0.3 is 55.5 Å². The average molecular weight is 998 g/mol. The summed E-state index contributed by atoms with van der Waals surface area (Å²) in [6, 6.07) is 5.37. The summed E-state index contributed by atoms with van der Waals surface area (Å²) in [7, 11) is 3.71. The molecule has 5 N–H and O–H groups in total. The number of fused-ring (bicyclic) bond motifs is 1. The van der Waals surface area contributed by atoms with Crippen molar-refractivity contribution in [1.29, 1.82) is 0 Å². The van der Waals surface area contributed by atoms with Crippen molar-refractivity contribution in [1.82, 2.24) is 50.9 Å². The number of pyridine rings is 1. The Labute approximate surface area is 410 Å². The number of anilines is 1. The van der Waals surface area contributed by atoms with Gasteiger partial charge in [0.1, 0.15) is 24.8 Å². The predicted molar refractivity (Wildman–Crippen MR) is 253 cm³/mol. The van der Waals surface area contributed by atoms with E-state index >= 15 is 0 Å². The van der Waals surface area contributed by atoms with E-state index in [9.17, 15) is 41.9 Å². The molecule has 0 bridgehead atoms. The summed E-state index contributed by atoms with van der Waals surface area (Å²) in [6.07, 6.45) is 2.60. The quantitative estimate of drug-likeness (QED) is 0.0766. The van der Waals surface area contributed by atoms with Crippen molar-refractivity contribution in [3.05, 3.63) is 60.2 Å². The van der Waals surface area contributed by atoms with Gasteiger partial charge in [-0.25, -0.2) is 9.97 Å². The molecule has 1 aromatic carbocycles. The fraction of sp³-hybridized carbons (Fsp3) is 0.604. The summed E-state index contributed by atoms with van der Waals surface area (Å²) in [5.41, 5.74) is 0.260. The lowest BCUT2D eigenvalue weighted by atomic mass is 9.84. The molecule has 71 heavy (non-hydrogen) atoms. The molecule has 2 aromatic heterocycles. The molecule has 3 aromatic rings. The number of benzene rings is 1. The summed E-state index contributed by atoms with van der Waals surface area (Å²) < 4.78 is 57.2. The van der Waals surface area contributed by atoms with Crippen LogP contribution in [0, 0.1) is 5.92 Å². The third kappa shape index (κ3) is 15.2. The van der Waals surface area contributed by atoms with E-state index in [0.717, 1.165) is 24.1 Å². The van der Waals surface area contributed by atoms with Crippen LogP contribution < -0.4 is 26.6 Å². The van der Waals surface area contributed by atoms with Gasteiger partial charge in [0.05, 0.1) is 68.2 Å². The van der Waals surface area contributed by atoms with Crippen LogP contribution in [0.2, 0.25) is 0 Å². The summed E-state index contributed by atoms with van der Waals surface area (Å²) in [4.78, 5) is 95.0. The minimum Gasteiger partial charge on any atom is -0.379 e. The maximum atomic E-state index is 13.9. The molecule has 388 valence electrons. The number of aromatic nitrogens is 3. The van der Waals surface area contributed by atoms with E-state index < -0.39 is 29.7 Å². The van der Waals surface area contributed by atoms with Gasteiger partial charge in [0, 0.05) is 82.4 Å². The van der Waals surface area contributed by atoms with E-state index in [1.807, 2.05) is 13.1 Å². The Hall–Kier alpha value is -6.04. The third-order valence-electron chi connectivity index (χ3n) is 13.3. The lowest BCUT2D eigenvalue weighted by Gasteiger charge is -2.44. The Morgan fingerprint density at radius 3 is 2.35 bits per heavy atom. The molecule has 3 aliphatic rings. The molecule has 6 rings (SSSR count). The zero-order chi connectivity index (χ0) is 51.1. The molecule has 0 radical (unpaired) electrons. The molecule has 2 aliphatic heterocycles. The second kappa shape index (κ2) is 25.9. The lowest BCUT2D eigenvalue weighted by Crippen LogP contribution is -2.59. The molecule has 6 amide bonds. The number of hydrogen-bond acceptors (Lipinski definition) is 14. The fourth-order valence-corrected chi connectivity index (χ4v) is 9.27. The van der Waals surface area contributed by atoms with E-state index in [2.05, 4.69) is 60.3 Å². The first-order valence-electron chi connectivity index (χ1n) is 24.1. The van der Waals surface area contributed by atoms with E-state index in [-0.39, 0.29) is 149 Å². The van der Waals surface area contributed by atoms with Crippen LogP contribution in [0.4, 0.5) is 19.0 Å². The monoisotopic (exact) mass is 997 g/mol. The average Bonchev–Trinajstić information content (AvgIpc) is 3.86. The number of amides is 6. The van der Waals surface area contributed by atoms with Crippen molar-refractivity contribution < 1.29 is 56.1 Å². The first-order valence-corrected chi connectivity index (χ1v) is 24.1. The molecule has 0 spiro atoms. The van der Waals surface area contributed by atoms with Crippen LogP contribution in [0.3, 0.4) is 0 Å². The van der Waals surface area contributed by atoms with Crippen LogP contribution in [0.5, 0.6) is 0 Å². The highest BCUT2D eigenvalue weighted by atomic mass is 19.4. The number of rotatable bonds is 25. The van der Waals surface area contributed by atoms with Crippen molar-refractivity contribution >= 4 is 52.2 Å². The van der Waals surface area contributed by atoms with E-state index in [4.69, 9.17) is 14.2 Å². The summed E-state index contributed by atoms with van der Waals surface area (Å²) in [5, 5.41) is 14.5. The molecule has 2 saturated heterocycles. The van der Waals surface area contributed by atoms with Crippen LogP contribution in [0.15, 0.2) is 49.1 Å². The van der Waals surface area contributed by atoms with Gasteiger partial charge in [-0.15, -0.1) is 0 Å². The van der Waals surface area contributed by atoms with Crippen molar-refractivity contribution in [2.45, 2.75) is 101 Å². The van der Waals surface area contributed by atoms with Crippen molar-refractivity contribution in [2.75, 3.05) is 85.2 Å². The van der Waals surface area contributed by atoms with Gasteiger partial charge in [-0.05, 0) is 76.4 Å². The molecule has 1 saturated carbocycles. The molecular formula is C48H66F3N11O9. The zero-order valence-corrected chi connectivity index (χ0v) is 40.7. The molecule has 3 fully saturated rings. The Kier molecular flexibility index (Phi) is 19.8. The van der Waals surface area contributed by atoms with Crippen molar-refractivity contribution in [3.8, 4) is 0 Å². The van der Waals surface area contributed by atoms with Gasteiger partial charge in [0.25, 0.3) is 0 Å². The standard InChI is InChI=1S/C48H66F3N11O9/c1-30(2)60(3)33-8-10-39(62-18-12-37(47(62)68)59-45-34-24-32(48(49,50)51)7-9-36(34)56-29-57-45)38(25-33)58-42(65)28-71-21-16-54-40(63)11-15-53-41(64)13-19-69-22-23-70-20-17-55-46(67)35-26-43(66)61(4)44(35)31-6-5-14-52-27-31/h5-7,9,14,24,27,29-30,33,35,37-39,44H,8,10-13,15-23,25-26,28H2,1-4H3,(H,53,64)(H,54,63)(H,55,67)(H,58,65)(H,56,57,59)/t33-,35+,37+,38-,39+,44-/m1/s1. The highest BCUT2D eigenvalue weighted by molar-refractivity contribution is 5.93. The maximum absolute atomic E-state index is 13.9. The fourth-order valence-electron chi connectivity index (χ4n) is 9.27. The number of carbonyl (C=O) groups excluding carboxylic acids is 6. The van der Waals surface area contributed by atoms with Crippen LogP contribution in [0.1, 0.15) is 76.0 Å². The second-order valence-corrected chi connectivity index (χ2v) is 18.3. The number of halogens is 3. The van der Waals surface area contributed by atoms with Gasteiger partial charge in [0.2, 0.25) is 35.4 Å². The number of likely N-dealkylation sites (tertiary alicyclic amines) is 2. The molecular weight excluding hydrogens is 932 g/mol.